The monoisotopic (exact) mass is 130 g/mol. The van der Waals surface area contributed by atoms with Gasteiger partial charge in [-0.15, -0.1) is 0 Å². The van der Waals surface area contributed by atoms with E-state index in [9.17, 15) is 4.21 Å². The fourth-order valence-corrected chi connectivity index (χ4v) is 1.06. The third-order valence-corrected chi connectivity index (χ3v) is 1.86. The Morgan fingerprint density at radius 3 is 2.62 bits per heavy atom. The molecule has 0 aromatic rings. The van der Waals surface area contributed by atoms with Gasteiger partial charge in [0.2, 0.25) is 0 Å². The zero-order valence-electron chi connectivity index (χ0n) is 4.42. The van der Waals surface area contributed by atoms with Gasteiger partial charge in [-0.3, -0.25) is 0 Å². The second kappa shape index (κ2) is 1.70. The van der Waals surface area contributed by atoms with Crippen LogP contribution in [0, 0.1) is 0 Å². The van der Waals surface area contributed by atoms with Gasteiger partial charge in [0, 0.05) is 4.91 Å². The lowest BCUT2D eigenvalue weighted by atomic mass is 10.5. The van der Waals surface area contributed by atoms with Crippen LogP contribution >= 0.6 is 0 Å². The van der Waals surface area contributed by atoms with Crippen LogP contribution in [0.5, 0.6) is 0 Å². The Morgan fingerprint density at radius 2 is 2.50 bits per heavy atom. The zero-order chi connectivity index (χ0) is 6.15. The van der Waals surface area contributed by atoms with Crippen LogP contribution in [0.4, 0.5) is 0 Å². The number of amidine groups is 1. The van der Waals surface area contributed by atoms with Gasteiger partial charge in [0.25, 0.3) is 0 Å². The first-order chi connectivity index (χ1) is 3.70. The van der Waals surface area contributed by atoms with E-state index in [1.54, 1.807) is 13.0 Å². The van der Waals surface area contributed by atoms with Crippen molar-refractivity contribution in [1.29, 1.82) is 0 Å². The molecule has 0 aromatic heterocycles. The quantitative estimate of drug-likeness (QED) is 0.499. The fourth-order valence-electron chi connectivity index (χ4n) is 0.453. The number of rotatable bonds is 0. The predicted octanol–water partition coefficient (Wildman–Crippen LogP) is -0.0753. The molecule has 1 aliphatic rings. The topological polar surface area (TPSA) is 55.4 Å². The Labute approximate surface area is 49.9 Å². The van der Waals surface area contributed by atoms with Gasteiger partial charge < -0.3 is 5.73 Å². The Bertz CT molecular complexity index is 191. The van der Waals surface area contributed by atoms with Gasteiger partial charge in [0.1, 0.15) is 5.84 Å². The Hall–Kier alpha value is -0.640. The molecule has 1 aliphatic heterocycles. The molecule has 3 nitrogen and oxygen atoms in total. The van der Waals surface area contributed by atoms with E-state index < -0.39 is 11.0 Å². The first-order valence-electron chi connectivity index (χ1n) is 2.14. The Balaban J connectivity index is 2.95. The largest absolute Gasteiger partial charge is 0.383 e. The van der Waals surface area contributed by atoms with Crippen LogP contribution < -0.4 is 5.73 Å². The zero-order valence-corrected chi connectivity index (χ0v) is 5.23. The van der Waals surface area contributed by atoms with Crippen LogP contribution in [-0.2, 0) is 11.0 Å². The van der Waals surface area contributed by atoms with Crippen molar-refractivity contribution in [2.45, 2.75) is 6.92 Å². The van der Waals surface area contributed by atoms with Gasteiger partial charge in [-0.05, 0) is 13.0 Å². The van der Waals surface area contributed by atoms with Crippen molar-refractivity contribution in [3.63, 3.8) is 0 Å². The number of nitrogens with zero attached hydrogens (tertiary/aromatic N) is 1. The molecule has 0 saturated carbocycles. The molecule has 0 aromatic carbocycles. The molecule has 0 fully saturated rings. The van der Waals surface area contributed by atoms with Crippen molar-refractivity contribution in [1.82, 2.24) is 0 Å². The molecule has 1 atom stereocenters. The van der Waals surface area contributed by atoms with Gasteiger partial charge in [-0.25, -0.2) is 4.21 Å². The maximum Gasteiger partial charge on any atom is 0.170 e. The first kappa shape index (κ1) is 5.50. The molecule has 44 valence electrons. The number of allylic oxidation sites excluding steroid dienone is 1. The fraction of sp³-hybridized carbons (Fsp3) is 0.250. The highest BCUT2D eigenvalue weighted by Crippen LogP contribution is 2.07. The van der Waals surface area contributed by atoms with E-state index in [0.717, 1.165) is 4.91 Å². The van der Waals surface area contributed by atoms with Crippen molar-refractivity contribution in [3.05, 3.63) is 11.0 Å². The first-order valence-corrected chi connectivity index (χ1v) is 3.25. The van der Waals surface area contributed by atoms with Crippen LogP contribution in [0.15, 0.2) is 15.4 Å². The highest BCUT2D eigenvalue weighted by Gasteiger charge is 2.07. The third-order valence-electron chi connectivity index (χ3n) is 0.815. The minimum Gasteiger partial charge on any atom is -0.383 e. The molecule has 1 unspecified atom stereocenters. The van der Waals surface area contributed by atoms with Gasteiger partial charge in [0.05, 0.1) is 0 Å². The second-order valence-corrected chi connectivity index (χ2v) is 2.85. The summed E-state index contributed by atoms with van der Waals surface area (Å²) in [6, 6.07) is 0. The summed E-state index contributed by atoms with van der Waals surface area (Å²) in [5.74, 6) is 0.362. The second-order valence-electron chi connectivity index (χ2n) is 1.52. The number of hydrogen-bond acceptors (Lipinski definition) is 2. The van der Waals surface area contributed by atoms with E-state index in [1.165, 1.54) is 0 Å². The molecule has 0 bridgehead atoms. The lowest BCUT2D eigenvalue weighted by Crippen LogP contribution is -2.03. The SMILES string of the molecule is CC1=CC(N)=NS1=O. The van der Waals surface area contributed by atoms with Crippen LogP contribution in [0.2, 0.25) is 0 Å². The number of hydrogen-bond donors (Lipinski definition) is 1. The molecular weight excluding hydrogens is 124 g/mol. The smallest absolute Gasteiger partial charge is 0.170 e. The van der Waals surface area contributed by atoms with Crippen molar-refractivity contribution >= 4 is 16.8 Å². The van der Waals surface area contributed by atoms with Crippen molar-refractivity contribution < 1.29 is 4.21 Å². The highest BCUT2D eigenvalue weighted by molar-refractivity contribution is 7.88. The maximum absolute atomic E-state index is 10.6. The van der Waals surface area contributed by atoms with Gasteiger partial charge in [0.15, 0.2) is 11.0 Å². The lowest BCUT2D eigenvalue weighted by molar-refractivity contribution is 0.688. The van der Waals surface area contributed by atoms with E-state index in [2.05, 4.69) is 4.40 Å². The van der Waals surface area contributed by atoms with Crippen molar-refractivity contribution in [3.8, 4) is 0 Å². The highest BCUT2D eigenvalue weighted by atomic mass is 32.2. The summed E-state index contributed by atoms with van der Waals surface area (Å²) in [4.78, 5) is 0.725. The summed E-state index contributed by atoms with van der Waals surface area (Å²) < 4.78 is 14.1. The van der Waals surface area contributed by atoms with E-state index in [4.69, 9.17) is 5.73 Å². The summed E-state index contributed by atoms with van der Waals surface area (Å²) >= 11 is 0. The lowest BCUT2D eigenvalue weighted by Gasteiger charge is -1.79. The minimum atomic E-state index is -1.17. The molecule has 1 heterocycles. The summed E-state index contributed by atoms with van der Waals surface area (Å²) in [7, 11) is -1.17. The third kappa shape index (κ3) is 0.790. The van der Waals surface area contributed by atoms with Crippen LogP contribution in [0.3, 0.4) is 0 Å². The minimum absolute atomic E-state index is 0.362. The van der Waals surface area contributed by atoms with Crippen LogP contribution in [0.1, 0.15) is 6.92 Å². The molecule has 0 amide bonds. The number of nitrogens with two attached hydrogens (primary N) is 1. The van der Waals surface area contributed by atoms with Crippen LogP contribution in [0.25, 0.3) is 0 Å². The van der Waals surface area contributed by atoms with Gasteiger partial charge in [-0.1, -0.05) is 0 Å². The average Bonchev–Trinajstić information content (AvgIpc) is 1.85. The predicted molar refractivity (Wildman–Crippen MR) is 33.5 cm³/mol. The van der Waals surface area contributed by atoms with Crippen molar-refractivity contribution in [2.75, 3.05) is 0 Å². The molecule has 8 heavy (non-hydrogen) atoms. The van der Waals surface area contributed by atoms with E-state index >= 15 is 0 Å². The van der Waals surface area contributed by atoms with E-state index in [1.807, 2.05) is 0 Å². The summed E-state index contributed by atoms with van der Waals surface area (Å²) in [5, 5.41) is 0. The van der Waals surface area contributed by atoms with E-state index in [-0.39, 0.29) is 0 Å². The summed E-state index contributed by atoms with van der Waals surface area (Å²) in [6.45, 7) is 1.74. The maximum atomic E-state index is 10.6. The molecular formula is C4H6N2OS. The van der Waals surface area contributed by atoms with Gasteiger partial charge in [-0.2, -0.15) is 4.40 Å². The molecule has 0 aliphatic carbocycles. The van der Waals surface area contributed by atoms with Crippen molar-refractivity contribution in [2.24, 2.45) is 10.1 Å². The van der Waals surface area contributed by atoms with Crippen LogP contribution in [-0.4, -0.2) is 10.0 Å². The molecule has 2 N–H and O–H groups in total. The summed E-state index contributed by atoms with van der Waals surface area (Å²) in [6.07, 6.45) is 1.61. The summed E-state index contributed by atoms with van der Waals surface area (Å²) in [5.41, 5.74) is 5.20. The van der Waals surface area contributed by atoms with Gasteiger partial charge >= 0.3 is 0 Å². The molecule has 4 heteroatoms. The normalized spacial score (nSPS) is 27.4. The molecule has 0 spiro atoms. The standard InChI is InChI=1S/C4H6N2OS/c1-3-2-4(5)6-8(3)7/h2H,1H3,(H2,5,6). The van der Waals surface area contributed by atoms with E-state index in [0.29, 0.717) is 5.84 Å². The average molecular weight is 130 g/mol. The Morgan fingerprint density at radius 1 is 1.88 bits per heavy atom. The molecule has 1 rings (SSSR count). The molecule has 0 saturated heterocycles. The molecule has 0 radical (unpaired) electrons. The Kier molecular flexibility index (Phi) is 1.17.